The standard InChI is InChI=1S/C39H60N4O4S/c1-6-7-8-9-10-11-12-13-14-15-16-17-18-19-20-25-35(44)46-39(3,4)47-38(45)43-34-24-22-21-23-33(34)40-36-32(30-31(2)48-36)37(43)42-28-26-41(5)27-29-42/h21-24,30H,6-20,25-29H2,1-5H3. The highest BCUT2D eigenvalue weighted by atomic mass is 32.1. The molecule has 2 aliphatic heterocycles. The van der Waals surface area contributed by atoms with E-state index in [-0.39, 0.29) is 5.97 Å². The lowest BCUT2D eigenvalue weighted by molar-refractivity contribution is -0.193. The number of nitrogens with zero attached hydrogens (tertiary/aromatic N) is 4. The first-order chi connectivity index (χ1) is 23.2. The Balaban J connectivity index is 1.26. The number of aryl methyl sites for hydroxylation is 1. The number of carbonyl (C=O) groups excluding carboxylic acids is 2. The third kappa shape index (κ3) is 11.6. The zero-order valence-corrected chi connectivity index (χ0v) is 31.2. The molecule has 0 unspecified atom stereocenters. The average molecular weight is 681 g/mol. The Morgan fingerprint density at radius 3 is 1.98 bits per heavy atom. The van der Waals surface area contributed by atoms with E-state index >= 15 is 0 Å². The second-order valence-corrected chi connectivity index (χ2v) is 15.3. The van der Waals surface area contributed by atoms with Gasteiger partial charge in [-0.3, -0.25) is 4.79 Å². The molecule has 1 saturated heterocycles. The molecule has 0 radical (unpaired) electrons. The number of hydrogen-bond acceptors (Lipinski definition) is 8. The molecular weight excluding hydrogens is 621 g/mol. The number of esters is 1. The highest BCUT2D eigenvalue weighted by Crippen LogP contribution is 2.35. The number of para-hydroxylation sites is 2. The lowest BCUT2D eigenvalue weighted by Gasteiger charge is -2.39. The van der Waals surface area contributed by atoms with E-state index in [2.05, 4.69) is 36.8 Å². The van der Waals surface area contributed by atoms with Gasteiger partial charge in [-0.05, 0) is 38.6 Å². The van der Waals surface area contributed by atoms with Crippen molar-refractivity contribution in [2.75, 3.05) is 38.1 Å². The summed E-state index contributed by atoms with van der Waals surface area (Å²) >= 11 is 1.62. The zero-order chi connectivity index (χ0) is 34.4. The molecule has 0 bridgehead atoms. The molecule has 1 amide bonds. The summed E-state index contributed by atoms with van der Waals surface area (Å²) in [5.74, 6) is -1.00. The van der Waals surface area contributed by atoms with Gasteiger partial charge >= 0.3 is 12.1 Å². The molecule has 0 saturated carbocycles. The Bertz CT molecular complexity index is 1430. The lowest BCUT2D eigenvalue weighted by Crippen LogP contribution is -2.52. The van der Waals surface area contributed by atoms with Gasteiger partial charge in [0.1, 0.15) is 10.5 Å². The van der Waals surface area contributed by atoms with Gasteiger partial charge in [-0.15, -0.1) is 11.3 Å². The number of unbranched alkanes of at least 4 members (excludes halogenated alkanes) is 14. The first-order valence-electron chi connectivity index (χ1n) is 18.7. The molecule has 0 aliphatic carbocycles. The molecule has 8 nitrogen and oxygen atoms in total. The van der Waals surface area contributed by atoms with Gasteiger partial charge in [-0.25, -0.2) is 14.7 Å². The maximum atomic E-state index is 14.2. The zero-order valence-electron chi connectivity index (χ0n) is 30.4. The van der Waals surface area contributed by atoms with Crippen LogP contribution in [0.2, 0.25) is 0 Å². The Labute approximate surface area is 293 Å². The largest absolute Gasteiger partial charge is 0.423 e. The minimum atomic E-state index is -1.43. The van der Waals surface area contributed by atoms with Crippen molar-refractivity contribution in [3.8, 4) is 0 Å². The fraction of sp³-hybridized carbons (Fsp3) is 0.667. The molecule has 0 N–H and O–H groups in total. The number of ether oxygens (including phenoxy) is 2. The topological polar surface area (TPSA) is 74.7 Å². The number of fused-ring (bicyclic) bond motifs is 2. The number of hydrogen-bond donors (Lipinski definition) is 0. The number of benzene rings is 1. The van der Waals surface area contributed by atoms with Crippen molar-refractivity contribution >= 4 is 40.6 Å². The van der Waals surface area contributed by atoms with E-state index in [4.69, 9.17) is 14.5 Å². The third-order valence-corrected chi connectivity index (χ3v) is 10.2. The van der Waals surface area contributed by atoms with Crippen LogP contribution in [0.4, 0.5) is 16.2 Å². The van der Waals surface area contributed by atoms with Crippen LogP contribution in [0.3, 0.4) is 0 Å². The number of rotatable bonds is 19. The molecule has 9 heteroatoms. The first kappa shape index (κ1) is 37.9. The smallest absolute Gasteiger partial charge is 0.423 e. The Morgan fingerprint density at radius 2 is 1.38 bits per heavy atom. The van der Waals surface area contributed by atoms with Crippen molar-refractivity contribution in [3.05, 3.63) is 45.1 Å². The van der Waals surface area contributed by atoms with Crippen molar-refractivity contribution < 1.29 is 19.1 Å². The number of anilines is 1. The van der Waals surface area contributed by atoms with Crippen LogP contribution < -0.4 is 14.8 Å². The van der Waals surface area contributed by atoms with E-state index in [0.717, 1.165) is 66.0 Å². The van der Waals surface area contributed by atoms with Crippen LogP contribution in [0.15, 0.2) is 35.3 Å². The van der Waals surface area contributed by atoms with Gasteiger partial charge in [0, 0.05) is 51.3 Å². The van der Waals surface area contributed by atoms with E-state index < -0.39 is 11.9 Å². The summed E-state index contributed by atoms with van der Waals surface area (Å²) in [6.45, 7) is 10.9. The van der Waals surface area contributed by atoms with Crippen LogP contribution in [-0.4, -0.2) is 60.9 Å². The number of amides is 1. The predicted octanol–water partition coefficient (Wildman–Crippen LogP) is 8.82. The minimum absolute atomic E-state index is 0.320. The van der Waals surface area contributed by atoms with Crippen LogP contribution in [0.1, 0.15) is 128 Å². The summed E-state index contributed by atoms with van der Waals surface area (Å²) < 4.78 is 12.6. The van der Waals surface area contributed by atoms with Gasteiger partial charge in [0.25, 0.3) is 5.79 Å². The van der Waals surface area contributed by atoms with E-state index in [1.54, 1.807) is 30.1 Å². The van der Waals surface area contributed by atoms with E-state index in [0.29, 0.717) is 17.8 Å². The van der Waals surface area contributed by atoms with Crippen molar-refractivity contribution in [1.82, 2.24) is 9.80 Å². The summed E-state index contributed by atoms with van der Waals surface area (Å²) in [7, 11) is 2.11. The maximum Gasteiger partial charge on any atom is 0.423 e. The van der Waals surface area contributed by atoms with E-state index in [1.165, 1.54) is 77.0 Å². The molecule has 1 fully saturated rings. The van der Waals surface area contributed by atoms with Gasteiger partial charge in [0.2, 0.25) is 0 Å². The summed E-state index contributed by atoms with van der Waals surface area (Å²) in [5, 5.41) is 0.915. The van der Waals surface area contributed by atoms with Crippen LogP contribution in [0.5, 0.6) is 0 Å². The molecule has 4 rings (SSSR count). The Hall–Kier alpha value is -2.91. The summed E-state index contributed by atoms with van der Waals surface area (Å²) in [6, 6.07) is 9.75. The molecular formula is C39H60N4O4S. The van der Waals surface area contributed by atoms with Gasteiger partial charge in [0.05, 0.1) is 16.6 Å². The Morgan fingerprint density at radius 1 is 0.812 bits per heavy atom. The monoisotopic (exact) mass is 680 g/mol. The molecule has 2 aromatic rings. The van der Waals surface area contributed by atoms with Crippen LogP contribution in [0, 0.1) is 6.92 Å². The fourth-order valence-corrected chi connectivity index (χ4v) is 7.48. The quantitative estimate of drug-likeness (QED) is 0.0839. The van der Waals surface area contributed by atoms with Crippen LogP contribution in [-0.2, 0) is 14.3 Å². The van der Waals surface area contributed by atoms with Crippen LogP contribution >= 0.6 is 11.3 Å². The first-order valence-corrected chi connectivity index (χ1v) is 19.5. The van der Waals surface area contributed by atoms with Gasteiger partial charge < -0.3 is 19.3 Å². The van der Waals surface area contributed by atoms with Gasteiger partial charge in [-0.1, -0.05) is 109 Å². The molecule has 2 aliphatic rings. The second kappa shape index (κ2) is 19.3. The van der Waals surface area contributed by atoms with E-state index in [1.807, 2.05) is 24.3 Å². The van der Waals surface area contributed by atoms with Gasteiger partial charge in [0.15, 0.2) is 0 Å². The molecule has 48 heavy (non-hydrogen) atoms. The van der Waals surface area contributed by atoms with Crippen molar-refractivity contribution in [1.29, 1.82) is 0 Å². The van der Waals surface area contributed by atoms with Crippen molar-refractivity contribution in [3.63, 3.8) is 0 Å². The highest BCUT2D eigenvalue weighted by molar-refractivity contribution is 7.09. The number of likely N-dealkylation sites (N-methyl/N-ethyl adjacent to an activating group) is 1. The number of piperazine rings is 1. The maximum absolute atomic E-state index is 14.2. The fourth-order valence-electron chi connectivity index (χ4n) is 6.59. The number of thiophene rings is 1. The Kier molecular flexibility index (Phi) is 15.3. The van der Waals surface area contributed by atoms with E-state index in [9.17, 15) is 9.59 Å². The SMILES string of the molecule is CCCCCCCCCCCCCCCCCC(=O)OC(C)(C)OC(=O)N1C(N2CCN(C)CC2)=c2cc(C)sc2=Nc2ccccc21. The summed E-state index contributed by atoms with van der Waals surface area (Å²) in [4.78, 5) is 39.3. The molecule has 1 aromatic heterocycles. The molecule has 0 atom stereocenters. The normalized spacial score (nSPS) is 15.1. The summed E-state index contributed by atoms with van der Waals surface area (Å²) in [5.41, 5.74) is 1.35. The van der Waals surface area contributed by atoms with Crippen LogP contribution in [0.25, 0.3) is 5.82 Å². The minimum Gasteiger partial charge on any atom is -0.423 e. The molecule has 266 valence electrons. The van der Waals surface area contributed by atoms with Crippen molar-refractivity contribution in [2.24, 2.45) is 4.99 Å². The third-order valence-electron chi connectivity index (χ3n) is 9.30. The van der Waals surface area contributed by atoms with Gasteiger partial charge in [-0.2, -0.15) is 0 Å². The summed E-state index contributed by atoms with van der Waals surface area (Å²) in [6.07, 6.45) is 18.9. The van der Waals surface area contributed by atoms with Crippen molar-refractivity contribution in [2.45, 2.75) is 136 Å². The molecule has 0 spiro atoms. The lowest BCUT2D eigenvalue weighted by atomic mass is 10.0. The number of carbonyl (C=O) groups is 2. The second-order valence-electron chi connectivity index (χ2n) is 14.1. The molecule has 1 aromatic carbocycles. The molecule has 3 heterocycles. The highest BCUT2D eigenvalue weighted by Gasteiger charge is 2.36. The average Bonchev–Trinajstić information content (AvgIpc) is 3.34. The predicted molar refractivity (Wildman–Crippen MR) is 197 cm³/mol.